The van der Waals surface area contributed by atoms with Gasteiger partial charge in [-0.15, -0.1) is 0 Å². The number of piperidine rings is 1. The van der Waals surface area contributed by atoms with Crippen molar-refractivity contribution >= 4 is 51.5 Å². The van der Waals surface area contributed by atoms with Gasteiger partial charge in [-0.05, 0) is 37.1 Å². The zero-order valence-corrected chi connectivity index (χ0v) is 22.6. The molecule has 3 aliphatic rings. The maximum absolute atomic E-state index is 14.8. The second-order valence-electron chi connectivity index (χ2n) is 10.0. The van der Waals surface area contributed by atoms with Gasteiger partial charge in [0.1, 0.15) is 24.4 Å². The first-order valence-corrected chi connectivity index (χ1v) is 13.7. The van der Waals surface area contributed by atoms with Crippen LogP contribution in [0.25, 0.3) is 10.9 Å². The van der Waals surface area contributed by atoms with Crippen LogP contribution in [0.2, 0.25) is 10.0 Å². The lowest BCUT2D eigenvalue weighted by Gasteiger charge is -2.38. The summed E-state index contributed by atoms with van der Waals surface area (Å²) in [5.41, 5.74) is 0.729. The monoisotopic (exact) mass is 572 g/mol. The summed E-state index contributed by atoms with van der Waals surface area (Å²) < 4.78 is 33.2. The largest absolute Gasteiger partial charge is 0.486 e. The number of anilines is 2. The SMILES string of the molecule is C=CC(=O)N1C2CCC1CC(Oc1cc3c(Nc4ccc(Cl)c(Cl)c4F)ncnc3cc1OC1CCOC1)C2. The Hall–Kier alpha value is -3.14. The summed E-state index contributed by atoms with van der Waals surface area (Å²) in [6, 6.07) is 6.88. The molecule has 8 nitrogen and oxygen atoms in total. The minimum absolute atomic E-state index is 0.0284. The van der Waals surface area contributed by atoms with Gasteiger partial charge in [-0.25, -0.2) is 14.4 Å². The molecule has 3 atom stereocenters. The van der Waals surface area contributed by atoms with Crippen molar-refractivity contribution in [1.29, 1.82) is 0 Å². The Kier molecular flexibility index (Phi) is 7.22. The number of benzene rings is 2. The third-order valence-electron chi connectivity index (χ3n) is 7.58. The van der Waals surface area contributed by atoms with E-state index in [2.05, 4.69) is 21.9 Å². The van der Waals surface area contributed by atoms with Crippen LogP contribution in [0.15, 0.2) is 43.2 Å². The fourth-order valence-electron chi connectivity index (χ4n) is 5.75. The number of halogens is 3. The number of amides is 1. The van der Waals surface area contributed by atoms with Crippen LogP contribution in [0.3, 0.4) is 0 Å². The lowest BCUT2D eigenvalue weighted by molar-refractivity contribution is -0.131. The van der Waals surface area contributed by atoms with Gasteiger partial charge in [0.15, 0.2) is 17.3 Å². The van der Waals surface area contributed by atoms with E-state index in [1.165, 1.54) is 24.5 Å². The molecule has 2 bridgehead atoms. The summed E-state index contributed by atoms with van der Waals surface area (Å²) >= 11 is 12.0. The summed E-state index contributed by atoms with van der Waals surface area (Å²) in [4.78, 5) is 23.1. The predicted molar refractivity (Wildman–Crippen MR) is 147 cm³/mol. The number of ether oxygens (including phenoxy) is 3. The summed E-state index contributed by atoms with van der Waals surface area (Å²) in [5.74, 6) is 0.767. The number of aromatic nitrogens is 2. The highest BCUT2D eigenvalue weighted by Gasteiger charge is 2.43. The van der Waals surface area contributed by atoms with E-state index in [-0.39, 0.29) is 45.9 Å². The van der Waals surface area contributed by atoms with Crippen molar-refractivity contribution in [1.82, 2.24) is 14.9 Å². The molecule has 3 aromatic rings. The van der Waals surface area contributed by atoms with Gasteiger partial charge in [-0.3, -0.25) is 4.79 Å². The first-order valence-electron chi connectivity index (χ1n) is 13.0. The fraction of sp³-hybridized carbons (Fsp3) is 0.393. The van der Waals surface area contributed by atoms with Crippen molar-refractivity contribution in [2.45, 2.75) is 56.4 Å². The molecule has 3 fully saturated rings. The highest BCUT2D eigenvalue weighted by atomic mass is 35.5. The number of hydrogen-bond donors (Lipinski definition) is 1. The number of fused-ring (bicyclic) bond motifs is 3. The van der Waals surface area contributed by atoms with Gasteiger partial charge in [-0.1, -0.05) is 29.8 Å². The molecule has 3 unspecified atom stereocenters. The van der Waals surface area contributed by atoms with Crippen LogP contribution in [0.5, 0.6) is 11.5 Å². The molecule has 39 heavy (non-hydrogen) atoms. The molecule has 2 aromatic carbocycles. The van der Waals surface area contributed by atoms with Gasteiger partial charge >= 0.3 is 0 Å². The molecule has 0 aliphatic carbocycles. The van der Waals surface area contributed by atoms with Crippen molar-refractivity contribution in [3.63, 3.8) is 0 Å². The average Bonchev–Trinajstić information content (AvgIpc) is 3.54. The van der Waals surface area contributed by atoms with Crippen molar-refractivity contribution in [3.8, 4) is 11.5 Å². The Morgan fingerprint density at radius 3 is 2.56 bits per heavy atom. The third kappa shape index (κ3) is 5.11. The number of nitrogens with one attached hydrogen (secondary N) is 1. The molecule has 6 rings (SSSR count). The van der Waals surface area contributed by atoms with Crippen molar-refractivity contribution in [2.24, 2.45) is 0 Å². The smallest absolute Gasteiger partial charge is 0.246 e. The van der Waals surface area contributed by atoms with Crippen molar-refractivity contribution < 1.29 is 23.4 Å². The van der Waals surface area contributed by atoms with Crippen LogP contribution < -0.4 is 14.8 Å². The Morgan fingerprint density at radius 2 is 1.85 bits per heavy atom. The summed E-state index contributed by atoms with van der Waals surface area (Å²) in [5, 5.41) is 3.59. The summed E-state index contributed by atoms with van der Waals surface area (Å²) in [6.45, 7) is 4.79. The molecule has 204 valence electrons. The van der Waals surface area contributed by atoms with Crippen LogP contribution in [-0.2, 0) is 9.53 Å². The fourth-order valence-corrected chi connectivity index (χ4v) is 6.06. The first kappa shape index (κ1) is 26.1. The lowest BCUT2D eigenvalue weighted by atomic mass is 9.99. The van der Waals surface area contributed by atoms with E-state index in [9.17, 15) is 9.18 Å². The highest BCUT2D eigenvalue weighted by molar-refractivity contribution is 6.42. The molecular weight excluding hydrogens is 546 g/mol. The van der Waals surface area contributed by atoms with Crippen LogP contribution in [-0.4, -0.2) is 58.3 Å². The van der Waals surface area contributed by atoms with E-state index in [1.807, 2.05) is 17.0 Å². The maximum atomic E-state index is 14.8. The zero-order valence-electron chi connectivity index (χ0n) is 21.0. The van der Waals surface area contributed by atoms with E-state index in [1.54, 1.807) is 0 Å². The Labute approximate surface area is 235 Å². The van der Waals surface area contributed by atoms with E-state index < -0.39 is 5.82 Å². The van der Waals surface area contributed by atoms with Crippen molar-refractivity contribution in [2.75, 3.05) is 18.5 Å². The van der Waals surface area contributed by atoms with Gasteiger partial charge < -0.3 is 24.4 Å². The average molecular weight is 573 g/mol. The highest BCUT2D eigenvalue weighted by Crippen LogP contribution is 2.42. The quantitative estimate of drug-likeness (QED) is 0.271. The number of carbonyl (C=O) groups excluding carboxylic acids is 1. The molecule has 4 heterocycles. The number of rotatable bonds is 7. The van der Waals surface area contributed by atoms with Gasteiger partial charge in [0, 0.05) is 42.8 Å². The summed E-state index contributed by atoms with van der Waals surface area (Å²) in [7, 11) is 0. The predicted octanol–water partition coefficient (Wildman–Crippen LogP) is 6.07. The van der Waals surface area contributed by atoms with Gasteiger partial charge in [0.25, 0.3) is 0 Å². The minimum Gasteiger partial charge on any atom is -0.486 e. The summed E-state index contributed by atoms with van der Waals surface area (Å²) in [6.07, 6.45) is 6.67. The van der Waals surface area contributed by atoms with Gasteiger partial charge in [0.2, 0.25) is 5.91 Å². The second-order valence-corrected chi connectivity index (χ2v) is 10.8. The van der Waals surface area contributed by atoms with E-state index in [0.717, 1.165) is 19.3 Å². The molecular formula is C28H27Cl2FN4O4. The molecule has 3 saturated heterocycles. The number of nitrogens with zero attached hydrogens (tertiary/aromatic N) is 3. The normalized spacial score (nSPS) is 24.1. The van der Waals surface area contributed by atoms with E-state index in [4.69, 9.17) is 37.4 Å². The minimum atomic E-state index is -0.676. The van der Waals surface area contributed by atoms with Gasteiger partial charge in [-0.2, -0.15) is 0 Å². The topological polar surface area (TPSA) is 85.8 Å². The number of carbonyl (C=O) groups is 1. The van der Waals surface area contributed by atoms with E-state index >= 15 is 0 Å². The van der Waals surface area contributed by atoms with Crippen LogP contribution in [0, 0.1) is 5.82 Å². The zero-order chi connectivity index (χ0) is 27.1. The Morgan fingerprint density at radius 1 is 1.10 bits per heavy atom. The Bertz CT molecular complexity index is 1420. The number of hydrogen-bond acceptors (Lipinski definition) is 7. The van der Waals surface area contributed by atoms with Crippen molar-refractivity contribution in [3.05, 3.63) is 59.1 Å². The molecule has 3 aliphatic heterocycles. The first-order chi connectivity index (χ1) is 18.9. The van der Waals surface area contributed by atoms with Crippen LogP contribution in [0.4, 0.5) is 15.9 Å². The maximum Gasteiger partial charge on any atom is 0.246 e. The standard InChI is InChI=1S/C28H27Cl2FN4O4/c1-2-25(36)35-15-3-4-16(35)10-18(9-15)39-23-11-19-22(12-24(23)38-17-7-8-37-13-17)32-14-33-28(19)34-21-6-5-20(29)26(30)27(21)31/h2,5-6,11-12,14-18H,1,3-4,7-10,13H2,(H,32,33,34). The van der Waals surface area contributed by atoms with E-state index in [0.29, 0.717) is 54.3 Å². The van der Waals surface area contributed by atoms with Gasteiger partial charge in [0.05, 0.1) is 34.5 Å². The third-order valence-corrected chi connectivity index (χ3v) is 8.36. The molecule has 0 saturated carbocycles. The lowest BCUT2D eigenvalue weighted by Crippen LogP contribution is -2.48. The van der Waals surface area contributed by atoms with Crippen LogP contribution in [0.1, 0.15) is 32.1 Å². The Balaban J connectivity index is 1.34. The molecule has 11 heteroatoms. The van der Waals surface area contributed by atoms with Crippen LogP contribution >= 0.6 is 23.2 Å². The molecule has 0 spiro atoms. The second kappa shape index (κ2) is 10.8. The molecule has 1 amide bonds. The molecule has 1 aromatic heterocycles. The molecule has 0 radical (unpaired) electrons. The molecule has 1 N–H and O–H groups in total.